The van der Waals surface area contributed by atoms with Gasteiger partial charge in [0.1, 0.15) is 0 Å². The quantitative estimate of drug-likeness (QED) is 0.145. The van der Waals surface area contributed by atoms with E-state index in [1.165, 1.54) is 66.6 Å². The van der Waals surface area contributed by atoms with Crippen LogP contribution in [-0.2, 0) is 0 Å². The summed E-state index contributed by atoms with van der Waals surface area (Å²) in [6, 6.07) is 47.4. The zero-order valence-electron chi connectivity index (χ0n) is 34.6. The van der Waals surface area contributed by atoms with Gasteiger partial charge < -0.3 is 0 Å². The second-order valence-corrected chi connectivity index (χ2v) is 15.8. The van der Waals surface area contributed by atoms with Crippen molar-refractivity contribution in [1.29, 1.82) is 0 Å². The lowest BCUT2D eigenvalue weighted by Gasteiger charge is -2.33. The number of aryl methyl sites for hydroxylation is 8. The summed E-state index contributed by atoms with van der Waals surface area (Å²) in [5.74, 6) is 1.83. The molecule has 4 heteroatoms. The van der Waals surface area contributed by atoms with Crippen molar-refractivity contribution in [2.24, 2.45) is 0 Å². The maximum absolute atomic E-state index is 5.36. The van der Waals surface area contributed by atoms with Gasteiger partial charge in [0.2, 0.25) is 5.95 Å². The summed E-state index contributed by atoms with van der Waals surface area (Å²) in [6.07, 6.45) is 0. The molecular formula is C53H50N4. The molecule has 282 valence electrons. The highest BCUT2D eigenvalue weighted by atomic mass is 15.3. The summed E-state index contributed by atoms with van der Waals surface area (Å²) in [5, 5.41) is 2.32. The fourth-order valence-electron chi connectivity index (χ4n) is 9.26. The molecule has 0 saturated carbocycles. The predicted octanol–water partition coefficient (Wildman–Crippen LogP) is 13.8. The Morgan fingerprint density at radius 3 is 1.47 bits per heavy atom. The van der Waals surface area contributed by atoms with E-state index >= 15 is 0 Å². The standard InChI is InChI=1S/C53H50N4/c1-32-26-34(3)46(35(4)27-32)49(47-36(5)28-33(2)29-37(47)6)48-38(7)30-39(8)50(40(48)9)57(45-22-14-11-15-23-45)53-55-51(42-19-12-10-13-20-42)54-52(56-53)44-25-24-41-18-16-17-21-43(41)31-44/h10-31,49H,1-9H3. The summed E-state index contributed by atoms with van der Waals surface area (Å²) in [6.45, 7) is 20.3. The van der Waals surface area contributed by atoms with Crippen molar-refractivity contribution in [3.8, 4) is 22.8 Å². The van der Waals surface area contributed by atoms with Gasteiger partial charge in [0, 0.05) is 22.7 Å². The molecule has 0 bridgehead atoms. The Bertz CT molecular complexity index is 2680. The van der Waals surface area contributed by atoms with E-state index < -0.39 is 0 Å². The van der Waals surface area contributed by atoms with Crippen LogP contribution in [-0.4, -0.2) is 15.0 Å². The van der Waals surface area contributed by atoms with Gasteiger partial charge in [-0.3, -0.25) is 4.90 Å². The maximum atomic E-state index is 5.36. The Morgan fingerprint density at radius 2 is 0.895 bits per heavy atom. The average Bonchev–Trinajstić information content (AvgIpc) is 3.18. The van der Waals surface area contributed by atoms with Crippen LogP contribution in [0.3, 0.4) is 0 Å². The lowest BCUT2D eigenvalue weighted by atomic mass is 9.74. The van der Waals surface area contributed by atoms with E-state index in [0.717, 1.165) is 33.5 Å². The molecule has 0 aliphatic heterocycles. The van der Waals surface area contributed by atoms with Gasteiger partial charge in [-0.25, -0.2) is 4.98 Å². The number of nitrogens with zero attached hydrogens (tertiary/aromatic N) is 4. The third kappa shape index (κ3) is 7.13. The molecule has 0 atom stereocenters. The van der Waals surface area contributed by atoms with Gasteiger partial charge in [-0.2, -0.15) is 9.97 Å². The number of benzene rings is 7. The van der Waals surface area contributed by atoms with Crippen molar-refractivity contribution >= 4 is 28.1 Å². The third-order valence-corrected chi connectivity index (χ3v) is 11.4. The minimum atomic E-state index is 0.00886. The van der Waals surface area contributed by atoms with Gasteiger partial charge in [-0.1, -0.05) is 126 Å². The van der Waals surface area contributed by atoms with E-state index in [9.17, 15) is 0 Å². The van der Waals surface area contributed by atoms with Crippen molar-refractivity contribution in [3.63, 3.8) is 0 Å². The van der Waals surface area contributed by atoms with Crippen molar-refractivity contribution in [1.82, 2.24) is 15.0 Å². The van der Waals surface area contributed by atoms with E-state index in [2.05, 4.69) is 182 Å². The molecule has 8 aromatic rings. The molecule has 1 heterocycles. The molecule has 7 aromatic carbocycles. The first kappa shape index (κ1) is 37.5. The number of para-hydroxylation sites is 1. The van der Waals surface area contributed by atoms with Crippen LogP contribution in [0.1, 0.15) is 72.7 Å². The van der Waals surface area contributed by atoms with E-state index in [0.29, 0.717) is 17.6 Å². The van der Waals surface area contributed by atoms with Gasteiger partial charge >= 0.3 is 0 Å². The minimum absolute atomic E-state index is 0.00886. The molecule has 0 saturated heterocycles. The Hall–Kier alpha value is -6.39. The molecule has 0 radical (unpaired) electrons. The number of anilines is 3. The van der Waals surface area contributed by atoms with Crippen molar-refractivity contribution in [3.05, 3.63) is 200 Å². The first-order valence-electron chi connectivity index (χ1n) is 19.9. The van der Waals surface area contributed by atoms with Crippen LogP contribution >= 0.6 is 0 Å². The Morgan fingerprint density at radius 1 is 0.404 bits per heavy atom. The molecule has 0 aliphatic rings. The van der Waals surface area contributed by atoms with E-state index in [-0.39, 0.29) is 5.92 Å². The van der Waals surface area contributed by atoms with Gasteiger partial charge in [-0.15, -0.1) is 0 Å². The van der Waals surface area contributed by atoms with Gasteiger partial charge in [-0.05, 0) is 147 Å². The molecule has 0 unspecified atom stereocenters. The van der Waals surface area contributed by atoms with Crippen LogP contribution in [0.25, 0.3) is 33.5 Å². The number of hydrogen-bond acceptors (Lipinski definition) is 4. The number of rotatable bonds is 8. The second-order valence-electron chi connectivity index (χ2n) is 15.8. The highest BCUT2D eigenvalue weighted by Gasteiger charge is 2.31. The Balaban J connectivity index is 1.44. The zero-order chi connectivity index (χ0) is 40.0. The highest BCUT2D eigenvalue weighted by Crippen LogP contribution is 2.47. The number of fused-ring (bicyclic) bond motifs is 1. The summed E-state index contributed by atoms with van der Waals surface area (Å²) in [4.78, 5) is 18.1. The summed E-state index contributed by atoms with van der Waals surface area (Å²) in [5.41, 5.74) is 19.4. The van der Waals surface area contributed by atoms with Crippen LogP contribution < -0.4 is 4.90 Å². The zero-order valence-corrected chi connectivity index (χ0v) is 34.6. The van der Waals surface area contributed by atoms with E-state index in [1.807, 2.05) is 18.2 Å². The van der Waals surface area contributed by atoms with E-state index in [4.69, 9.17) is 15.0 Å². The Kier molecular flexibility index (Phi) is 10.1. The largest absolute Gasteiger partial charge is 0.279 e. The Labute approximate surface area is 338 Å². The first-order chi connectivity index (χ1) is 27.5. The molecule has 1 aromatic heterocycles. The van der Waals surface area contributed by atoms with Crippen molar-refractivity contribution in [2.45, 2.75) is 68.2 Å². The van der Waals surface area contributed by atoms with Crippen LogP contribution in [0.15, 0.2) is 133 Å². The molecule has 0 N–H and O–H groups in total. The van der Waals surface area contributed by atoms with Crippen molar-refractivity contribution < 1.29 is 0 Å². The molecule has 0 fully saturated rings. The van der Waals surface area contributed by atoms with Crippen LogP contribution in [0.2, 0.25) is 0 Å². The predicted molar refractivity (Wildman–Crippen MR) is 239 cm³/mol. The minimum Gasteiger partial charge on any atom is -0.279 e. The summed E-state index contributed by atoms with van der Waals surface area (Å²) < 4.78 is 0. The maximum Gasteiger partial charge on any atom is 0.238 e. The third-order valence-electron chi connectivity index (χ3n) is 11.4. The monoisotopic (exact) mass is 742 g/mol. The second kappa shape index (κ2) is 15.3. The van der Waals surface area contributed by atoms with E-state index in [1.54, 1.807) is 0 Å². The molecule has 8 rings (SSSR count). The SMILES string of the molecule is Cc1cc(C)c(C(c2c(C)cc(C)cc2C)c2c(C)cc(C)c(N(c3ccccc3)c3nc(-c4ccccc4)nc(-c4ccc5ccccc5c4)n3)c2C)c(C)c1. The fourth-order valence-corrected chi connectivity index (χ4v) is 9.26. The number of aromatic nitrogens is 3. The highest BCUT2D eigenvalue weighted by molar-refractivity contribution is 5.87. The first-order valence-corrected chi connectivity index (χ1v) is 19.9. The lowest BCUT2D eigenvalue weighted by molar-refractivity contribution is 0.895. The fraction of sp³-hybridized carbons (Fsp3) is 0.189. The number of hydrogen-bond donors (Lipinski definition) is 0. The molecule has 0 spiro atoms. The summed E-state index contributed by atoms with van der Waals surface area (Å²) in [7, 11) is 0. The normalized spacial score (nSPS) is 11.4. The molecule has 4 nitrogen and oxygen atoms in total. The van der Waals surface area contributed by atoms with Crippen molar-refractivity contribution in [2.75, 3.05) is 4.90 Å². The molecule has 0 aliphatic carbocycles. The van der Waals surface area contributed by atoms with Gasteiger partial charge in [0.05, 0.1) is 5.69 Å². The molecule has 57 heavy (non-hydrogen) atoms. The van der Waals surface area contributed by atoms with Crippen LogP contribution in [0.5, 0.6) is 0 Å². The smallest absolute Gasteiger partial charge is 0.238 e. The lowest BCUT2D eigenvalue weighted by Crippen LogP contribution is -2.20. The summed E-state index contributed by atoms with van der Waals surface area (Å²) >= 11 is 0. The average molecular weight is 743 g/mol. The molecule has 0 amide bonds. The topological polar surface area (TPSA) is 41.9 Å². The van der Waals surface area contributed by atoms with Crippen LogP contribution in [0.4, 0.5) is 17.3 Å². The van der Waals surface area contributed by atoms with Gasteiger partial charge in [0.25, 0.3) is 0 Å². The molecular weight excluding hydrogens is 693 g/mol. The van der Waals surface area contributed by atoms with Crippen LogP contribution in [0, 0.1) is 62.3 Å². The van der Waals surface area contributed by atoms with Gasteiger partial charge in [0.15, 0.2) is 11.6 Å².